The van der Waals surface area contributed by atoms with E-state index in [-0.39, 0.29) is 23.6 Å². The molecule has 2 heterocycles. The minimum atomic E-state index is -3.13. The van der Waals surface area contributed by atoms with Gasteiger partial charge in [0.25, 0.3) is 0 Å². The summed E-state index contributed by atoms with van der Waals surface area (Å²) in [4.78, 5) is 3.91. The quantitative estimate of drug-likeness (QED) is 0.726. The number of hydrogen-bond donors (Lipinski definition) is 0. The highest BCUT2D eigenvalue weighted by Crippen LogP contribution is 2.38. The minimum absolute atomic E-state index is 0.0937. The number of benzene rings is 2. The second kappa shape index (κ2) is 6.69. The molecule has 4 rings (SSSR count). The summed E-state index contributed by atoms with van der Waals surface area (Å²) in [7, 11) is 0.0944. The normalized spacial score (nSPS) is 23.4. The Morgan fingerprint density at radius 2 is 1.19 bits per heavy atom. The van der Waals surface area contributed by atoms with Crippen molar-refractivity contribution in [1.29, 1.82) is 0 Å². The average Bonchev–Trinajstić information content (AvgIpc) is 3.10. The number of nitrogens with zero attached hydrogens (tertiary/aromatic N) is 2. The van der Waals surface area contributed by atoms with Crippen LogP contribution in [0.2, 0.25) is 0 Å². The smallest absolute Gasteiger partial charge is 0.181 e. The molecule has 2 atom stereocenters. The molecular weight excluding hydrogens is 384 g/mol. The van der Waals surface area contributed by atoms with Gasteiger partial charge < -0.3 is 19.3 Å². The van der Waals surface area contributed by atoms with E-state index in [0.717, 1.165) is 22.9 Å². The number of thiocarbonyl (C=S) groups is 1. The van der Waals surface area contributed by atoms with Crippen LogP contribution >= 0.6 is 12.2 Å². The molecule has 142 valence electrons. The third-order valence-corrected chi connectivity index (χ3v) is 7.16. The van der Waals surface area contributed by atoms with Crippen molar-refractivity contribution < 1.29 is 17.9 Å². The minimum Gasteiger partial charge on any atom is -0.497 e. The Morgan fingerprint density at radius 3 is 1.52 bits per heavy atom. The standard InChI is InChI=1S/C19H20N2O4S2/c1-24-15-7-3-13(4-8-15)20-17-11-27(22,23)12-18(17)21(19(20)26)14-5-9-16(25-2)10-6-14/h3-10,17-18H,11-12H2,1-2H3/t17-,18-/m1/s1. The lowest BCUT2D eigenvalue weighted by Gasteiger charge is -2.26. The van der Waals surface area contributed by atoms with Crippen molar-refractivity contribution in [2.75, 3.05) is 35.5 Å². The van der Waals surface area contributed by atoms with Crippen molar-refractivity contribution in [2.45, 2.75) is 12.1 Å². The molecule has 2 aromatic carbocycles. The number of rotatable bonds is 4. The van der Waals surface area contributed by atoms with E-state index < -0.39 is 9.84 Å². The summed E-state index contributed by atoms with van der Waals surface area (Å²) >= 11 is 5.77. The zero-order valence-electron chi connectivity index (χ0n) is 15.0. The number of ether oxygens (including phenoxy) is 2. The zero-order chi connectivity index (χ0) is 19.2. The van der Waals surface area contributed by atoms with E-state index in [0.29, 0.717) is 5.11 Å². The van der Waals surface area contributed by atoms with Gasteiger partial charge in [0.1, 0.15) is 11.5 Å². The van der Waals surface area contributed by atoms with Crippen molar-refractivity contribution in [3.8, 4) is 11.5 Å². The number of anilines is 2. The van der Waals surface area contributed by atoms with Crippen LogP contribution in [0.5, 0.6) is 11.5 Å². The molecule has 0 aliphatic carbocycles. The van der Waals surface area contributed by atoms with Crippen LogP contribution in [0.25, 0.3) is 0 Å². The Kier molecular flexibility index (Phi) is 4.47. The van der Waals surface area contributed by atoms with Gasteiger partial charge >= 0.3 is 0 Å². The Morgan fingerprint density at radius 1 is 0.815 bits per heavy atom. The van der Waals surface area contributed by atoms with Gasteiger partial charge in [-0.25, -0.2) is 8.42 Å². The van der Waals surface area contributed by atoms with E-state index in [1.165, 1.54) is 0 Å². The lowest BCUT2D eigenvalue weighted by Crippen LogP contribution is -2.37. The highest BCUT2D eigenvalue weighted by molar-refractivity contribution is 7.91. The Balaban J connectivity index is 1.75. The number of sulfone groups is 1. The molecule has 0 amide bonds. The first-order valence-electron chi connectivity index (χ1n) is 8.54. The topological polar surface area (TPSA) is 59.1 Å². The predicted molar refractivity (Wildman–Crippen MR) is 110 cm³/mol. The van der Waals surface area contributed by atoms with Crippen LogP contribution in [-0.2, 0) is 9.84 Å². The van der Waals surface area contributed by atoms with Gasteiger partial charge in [-0.3, -0.25) is 0 Å². The van der Waals surface area contributed by atoms with Crippen LogP contribution in [0.15, 0.2) is 48.5 Å². The van der Waals surface area contributed by atoms with E-state index in [9.17, 15) is 8.42 Å². The molecule has 0 saturated carbocycles. The molecule has 0 aromatic heterocycles. The molecule has 2 aliphatic heterocycles. The predicted octanol–water partition coefficient (Wildman–Crippen LogP) is 2.48. The van der Waals surface area contributed by atoms with Crippen LogP contribution in [0.3, 0.4) is 0 Å². The third-order valence-electron chi connectivity index (χ3n) is 5.07. The monoisotopic (exact) mass is 404 g/mol. The average molecular weight is 405 g/mol. The van der Waals surface area contributed by atoms with E-state index in [1.807, 2.05) is 58.3 Å². The maximum Gasteiger partial charge on any atom is 0.181 e. The van der Waals surface area contributed by atoms with Gasteiger partial charge in [-0.2, -0.15) is 0 Å². The maximum atomic E-state index is 12.4. The second-order valence-electron chi connectivity index (χ2n) is 6.63. The van der Waals surface area contributed by atoms with E-state index >= 15 is 0 Å². The van der Waals surface area contributed by atoms with Crippen molar-refractivity contribution in [3.05, 3.63) is 48.5 Å². The summed E-state index contributed by atoms with van der Waals surface area (Å²) in [6.45, 7) is 0. The van der Waals surface area contributed by atoms with Gasteiger partial charge in [0.05, 0.1) is 37.8 Å². The molecule has 2 saturated heterocycles. The molecule has 0 unspecified atom stereocenters. The van der Waals surface area contributed by atoms with Crippen molar-refractivity contribution in [3.63, 3.8) is 0 Å². The molecule has 2 fully saturated rings. The number of fused-ring (bicyclic) bond motifs is 1. The van der Waals surface area contributed by atoms with E-state index in [1.54, 1.807) is 14.2 Å². The lowest BCUT2D eigenvalue weighted by atomic mass is 10.1. The molecule has 2 aliphatic rings. The summed E-state index contributed by atoms with van der Waals surface area (Å²) in [5, 5.41) is 0.607. The SMILES string of the molecule is COc1ccc(N2C(=S)N(c3ccc(OC)cc3)[C@@H]3CS(=O)(=O)C[C@H]32)cc1. The first-order chi connectivity index (χ1) is 12.9. The molecule has 2 aromatic rings. The van der Waals surface area contributed by atoms with Crippen LogP contribution in [0.1, 0.15) is 0 Å². The van der Waals surface area contributed by atoms with Gasteiger partial charge in [-0.05, 0) is 60.7 Å². The Bertz CT molecular complexity index is 887. The van der Waals surface area contributed by atoms with Crippen molar-refractivity contribution in [2.24, 2.45) is 0 Å². The van der Waals surface area contributed by atoms with Gasteiger partial charge in [0.15, 0.2) is 14.9 Å². The highest BCUT2D eigenvalue weighted by atomic mass is 32.2. The first-order valence-corrected chi connectivity index (χ1v) is 10.8. The van der Waals surface area contributed by atoms with Gasteiger partial charge in [-0.15, -0.1) is 0 Å². The maximum absolute atomic E-state index is 12.4. The first kappa shape index (κ1) is 18.1. The summed E-state index contributed by atoms with van der Waals surface area (Å²) in [6.07, 6.45) is 0. The van der Waals surface area contributed by atoms with Gasteiger partial charge in [-0.1, -0.05) is 0 Å². The number of hydrogen-bond acceptors (Lipinski definition) is 5. The molecule has 0 bridgehead atoms. The Hall–Kier alpha value is -2.32. The lowest BCUT2D eigenvalue weighted by molar-refractivity contribution is 0.414. The summed E-state index contributed by atoms with van der Waals surface area (Å²) in [5.74, 6) is 1.67. The van der Waals surface area contributed by atoms with Crippen molar-refractivity contribution in [1.82, 2.24) is 0 Å². The fraction of sp³-hybridized carbons (Fsp3) is 0.316. The summed E-state index contributed by atoms with van der Waals surface area (Å²) in [5.41, 5.74) is 1.73. The number of methoxy groups -OCH3 is 2. The van der Waals surface area contributed by atoms with Crippen molar-refractivity contribution >= 4 is 38.5 Å². The van der Waals surface area contributed by atoms with Gasteiger partial charge in [0.2, 0.25) is 0 Å². The largest absolute Gasteiger partial charge is 0.497 e. The molecule has 6 nitrogen and oxygen atoms in total. The third kappa shape index (κ3) is 3.12. The fourth-order valence-corrected chi connectivity index (χ4v) is 6.19. The highest BCUT2D eigenvalue weighted by Gasteiger charge is 2.52. The molecule has 0 spiro atoms. The molecule has 27 heavy (non-hydrogen) atoms. The molecule has 8 heteroatoms. The fourth-order valence-electron chi connectivity index (χ4n) is 3.79. The van der Waals surface area contributed by atoms with Gasteiger partial charge in [0, 0.05) is 11.4 Å². The summed E-state index contributed by atoms with van der Waals surface area (Å²) in [6, 6.07) is 14.6. The van der Waals surface area contributed by atoms with E-state index in [4.69, 9.17) is 21.7 Å². The zero-order valence-corrected chi connectivity index (χ0v) is 16.7. The summed E-state index contributed by atoms with van der Waals surface area (Å²) < 4.78 is 35.2. The molecule has 0 radical (unpaired) electrons. The van der Waals surface area contributed by atoms with E-state index in [2.05, 4.69) is 0 Å². The van der Waals surface area contributed by atoms with Crippen LogP contribution in [-0.4, -0.2) is 51.3 Å². The Labute approximate surface area is 164 Å². The molecule has 0 N–H and O–H groups in total. The second-order valence-corrected chi connectivity index (χ2v) is 9.15. The van der Waals surface area contributed by atoms with Crippen LogP contribution in [0.4, 0.5) is 11.4 Å². The van der Waals surface area contributed by atoms with Crippen LogP contribution in [0, 0.1) is 0 Å². The van der Waals surface area contributed by atoms with Crippen LogP contribution < -0.4 is 19.3 Å². The molecular formula is C19H20N2O4S2.